The van der Waals surface area contributed by atoms with Crippen molar-refractivity contribution < 1.29 is 4.74 Å². The Morgan fingerprint density at radius 3 is 2.94 bits per heavy atom. The smallest absolute Gasteiger partial charge is 0.123 e. The van der Waals surface area contributed by atoms with E-state index in [9.17, 15) is 0 Å². The quantitative estimate of drug-likeness (QED) is 0.897. The predicted molar refractivity (Wildman–Crippen MR) is 75.1 cm³/mol. The van der Waals surface area contributed by atoms with Crippen LogP contribution in [0.15, 0.2) is 29.9 Å². The number of methoxy groups -OCH3 is 1. The summed E-state index contributed by atoms with van der Waals surface area (Å²) >= 11 is 1.67. The monoisotopic (exact) mass is 262 g/mol. The molecular formula is C14H18N2OS. The second kappa shape index (κ2) is 5.98. The van der Waals surface area contributed by atoms with Crippen LogP contribution >= 0.6 is 11.3 Å². The Morgan fingerprint density at radius 2 is 2.28 bits per heavy atom. The highest BCUT2D eigenvalue weighted by atomic mass is 32.1. The van der Waals surface area contributed by atoms with E-state index < -0.39 is 0 Å². The molecule has 1 N–H and O–H groups in total. The highest BCUT2D eigenvalue weighted by Gasteiger charge is 2.11. The first-order chi connectivity index (χ1) is 8.70. The molecule has 0 amide bonds. The van der Waals surface area contributed by atoms with Crippen LogP contribution in [0.5, 0.6) is 5.75 Å². The molecule has 4 heteroatoms. The Balaban J connectivity index is 2.06. The minimum absolute atomic E-state index is 0.252. The summed E-state index contributed by atoms with van der Waals surface area (Å²) in [6, 6.07) is 6.56. The lowest BCUT2D eigenvalue weighted by molar-refractivity contribution is 0.401. The number of benzene rings is 1. The molecule has 1 unspecified atom stereocenters. The van der Waals surface area contributed by atoms with E-state index in [1.54, 1.807) is 18.4 Å². The van der Waals surface area contributed by atoms with Gasteiger partial charge in [-0.15, -0.1) is 11.3 Å². The van der Waals surface area contributed by atoms with Gasteiger partial charge >= 0.3 is 0 Å². The summed E-state index contributed by atoms with van der Waals surface area (Å²) in [7, 11) is 1.72. The van der Waals surface area contributed by atoms with E-state index in [-0.39, 0.29) is 6.04 Å². The van der Waals surface area contributed by atoms with Gasteiger partial charge in [0.05, 0.1) is 12.6 Å². The molecule has 0 aliphatic heterocycles. The van der Waals surface area contributed by atoms with Crippen molar-refractivity contribution in [3.63, 3.8) is 0 Å². The first-order valence-electron chi connectivity index (χ1n) is 5.96. The van der Waals surface area contributed by atoms with Gasteiger partial charge in [0.1, 0.15) is 5.75 Å². The van der Waals surface area contributed by atoms with Gasteiger partial charge in [-0.25, -0.2) is 0 Å². The molecule has 0 saturated heterocycles. The molecule has 1 atom stereocenters. The molecule has 1 heterocycles. The van der Waals surface area contributed by atoms with Gasteiger partial charge in [-0.2, -0.15) is 0 Å². The number of ether oxygens (including phenoxy) is 1. The predicted octanol–water partition coefficient (Wildman–Crippen LogP) is 3.31. The molecule has 0 fully saturated rings. The van der Waals surface area contributed by atoms with E-state index in [1.165, 1.54) is 16.0 Å². The molecule has 0 aliphatic carbocycles. The third-order valence-electron chi connectivity index (χ3n) is 2.92. The van der Waals surface area contributed by atoms with Crippen LogP contribution in [0.3, 0.4) is 0 Å². The van der Waals surface area contributed by atoms with Crippen LogP contribution in [0, 0.1) is 6.92 Å². The van der Waals surface area contributed by atoms with Crippen LogP contribution in [0.1, 0.15) is 29.0 Å². The molecule has 1 aromatic heterocycles. The SMILES string of the molecule is COc1cc(C)ccc1C(C)NCc1cncs1. The molecule has 0 spiro atoms. The third-order valence-corrected chi connectivity index (χ3v) is 3.70. The second-order valence-electron chi connectivity index (χ2n) is 4.32. The molecule has 2 rings (SSSR count). The Hall–Kier alpha value is -1.39. The number of hydrogen-bond acceptors (Lipinski definition) is 4. The van der Waals surface area contributed by atoms with E-state index in [2.05, 4.69) is 42.3 Å². The fraction of sp³-hybridized carbons (Fsp3) is 0.357. The summed E-state index contributed by atoms with van der Waals surface area (Å²) in [5, 5.41) is 3.49. The summed E-state index contributed by atoms with van der Waals surface area (Å²) in [6.07, 6.45) is 1.90. The second-order valence-corrected chi connectivity index (χ2v) is 5.29. The number of aromatic nitrogens is 1. The number of rotatable bonds is 5. The molecule has 18 heavy (non-hydrogen) atoms. The highest BCUT2D eigenvalue weighted by Crippen LogP contribution is 2.26. The fourth-order valence-electron chi connectivity index (χ4n) is 1.87. The zero-order chi connectivity index (χ0) is 13.0. The molecule has 0 aliphatic rings. The summed E-state index contributed by atoms with van der Waals surface area (Å²) in [6.45, 7) is 5.05. The Morgan fingerprint density at radius 1 is 1.44 bits per heavy atom. The van der Waals surface area contributed by atoms with Gasteiger partial charge in [0.15, 0.2) is 0 Å². The molecule has 96 valence electrons. The van der Waals surface area contributed by atoms with Crippen molar-refractivity contribution >= 4 is 11.3 Å². The van der Waals surface area contributed by atoms with Crippen LogP contribution < -0.4 is 10.1 Å². The van der Waals surface area contributed by atoms with Crippen LogP contribution in [-0.4, -0.2) is 12.1 Å². The van der Waals surface area contributed by atoms with E-state index >= 15 is 0 Å². The normalized spacial score (nSPS) is 12.4. The van der Waals surface area contributed by atoms with Crippen molar-refractivity contribution in [2.75, 3.05) is 7.11 Å². The molecular weight excluding hydrogens is 244 g/mol. The fourth-order valence-corrected chi connectivity index (χ4v) is 2.41. The first kappa shape index (κ1) is 13.1. The van der Waals surface area contributed by atoms with Crippen molar-refractivity contribution in [1.82, 2.24) is 10.3 Å². The van der Waals surface area contributed by atoms with E-state index in [0.717, 1.165) is 12.3 Å². The Bertz CT molecular complexity index is 497. The van der Waals surface area contributed by atoms with E-state index in [4.69, 9.17) is 4.74 Å². The van der Waals surface area contributed by atoms with Crippen molar-refractivity contribution in [2.24, 2.45) is 0 Å². The Labute approximate surface area is 112 Å². The topological polar surface area (TPSA) is 34.1 Å². The third kappa shape index (κ3) is 3.09. The minimum atomic E-state index is 0.252. The summed E-state index contributed by atoms with van der Waals surface area (Å²) < 4.78 is 5.43. The van der Waals surface area contributed by atoms with E-state index in [0.29, 0.717) is 0 Å². The van der Waals surface area contributed by atoms with Gasteiger partial charge in [0.2, 0.25) is 0 Å². The van der Waals surface area contributed by atoms with Crippen molar-refractivity contribution in [1.29, 1.82) is 0 Å². The Kier molecular flexibility index (Phi) is 4.33. The maximum Gasteiger partial charge on any atom is 0.123 e. The van der Waals surface area contributed by atoms with Crippen LogP contribution in [0.25, 0.3) is 0 Å². The number of hydrogen-bond donors (Lipinski definition) is 1. The average Bonchev–Trinajstić information content (AvgIpc) is 2.88. The van der Waals surface area contributed by atoms with Gasteiger partial charge in [-0.3, -0.25) is 4.98 Å². The molecule has 1 aromatic carbocycles. The van der Waals surface area contributed by atoms with Crippen LogP contribution in [0.4, 0.5) is 0 Å². The zero-order valence-electron chi connectivity index (χ0n) is 10.9. The zero-order valence-corrected chi connectivity index (χ0v) is 11.8. The lowest BCUT2D eigenvalue weighted by atomic mass is 10.0. The van der Waals surface area contributed by atoms with Gasteiger partial charge in [-0.05, 0) is 25.5 Å². The summed E-state index contributed by atoms with van der Waals surface area (Å²) in [5.41, 5.74) is 4.26. The standard InChI is InChI=1S/C14H18N2OS/c1-10-4-5-13(14(6-10)17-3)11(2)16-8-12-7-15-9-18-12/h4-7,9,11,16H,8H2,1-3H3. The minimum Gasteiger partial charge on any atom is -0.496 e. The number of thiazole rings is 1. The molecule has 0 bridgehead atoms. The number of nitrogens with zero attached hydrogens (tertiary/aromatic N) is 1. The van der Waals surface area contributed by atoms with Gasteiger partial charge < -0.3 is 10.1 Å². The molecule has 2 aromatic rings. The maximum atomic E-state index is 5.43. The van der Waals surface area contributed by atoms with Crippen LogP contribution in [-0.2, 0) is 6.54 Å². The van der Waals surface area contributed by atoms with Crippen molar-refractivity contribution in [2.45, 2.75) is 26.4 Å². The lowest BCUT2D eigenvalue weighted by Gasteiger charge is -2.17. The van der Waals surface area contributed by atoms with Gasteiger partial charge in [0.25, 0.3) is 0 Å². The first-order valence-corrected chi connectivity index (χ1v) is 6.84. The average molecular weight is 262 g/mol. The van der Waals surface area contributed by atoms with Crippen molar-refractivity contribution in [3.05, 3.63) is 45.9 Å². The van der Waals surface area contributed by atoms with Gasteiger partial charge in [-0.1, -0.05) is 12.1 Å². The molecule has 0 radical (unpaired) electrons. The summed E-state index contributed by atoms with van der Waals surface area (Å²) in [5.74, 6) is 0.944. The van der Waals surface area contributed by atoms with Crippen LogP contribution in [0.2, 0.25) is 0 Å². The maximum absolute atomic E-state index is 5.43. The van der Waals surface area contributed by atoms with Gasteiger partial charge in [0, 0.05) is 29.2 Å². The number of nitrogens with one attached hydrogen (secondary N) is 1. The van der Waals surface area contributed by atoms with E-state index in [1.807, 2.05) is 11.7 Å². The van der Waals surface area contributed by atoms with Crippen molar-refractivity contribution in [3.8, 4) is 5.75 Å². The number of aryl methyl sites for hydroxylation is 1. The molecule has 0 saturated carbocycles. The molecule has 3 nitrogen and oxygen atoms in total. The lowest BCUT2D eigenvalue weighted by Crippen LogP contribution is -2.18. The largest absolute Gasteiger partial charge is 0.496 e. The highest BCUT2D eigenvalue weighted by molar-refractivity contribution is 7.09. The summed E-state index contributed by atoms with van der Waals surface area (Å²) in [4.78, 5) is 5.32.